The first kappa shape index (κ1) is 21.9. The van der Waals surface area contributed by atoms with Crippen LogP contribution in [0.1, 0.15) is 34.1 Å². The van der Waals surface area contributed by atoms with Crippen LogP contribution in [-0.2, 0) is 9.59 Å². The van der Waals surface area contributed by atoms with Crippen LogP contribution in [-0.4, -0.2) is 53.6 Å². The molecule has 0 radical (unpaired) electrons. The van der Waals surface area contributed by atoms with Gasteiger partial charge < -0.3 is 10.4 Å². The van der Waals surface area contributed by atoms with Crippen LogP contribution >= 0.6 is 12.4 Å². The van der Waals surface area contributed by atoms with E-state index in [0.29, 0.717) is 13.1 Å². The summed E-state index contributed by atoms with van der Waals surface area (Å²) in [5.41, 5.74) is 0. The molecule has 124 valence electrons. The zero-order valence-electron chi connectivity index (χ0n) is 13.0. The van der Waals surface area contributed by atoms with Crippen LogP contribution in [0.2, 0.25) is 0 Å². The predicted octanol–water partition coefficient (Wildman–Crippen LogP) is 1.08. The summed E-state index contributed by atoms with van der Waals surface area (Å²) >= 11 is 0. The van der Waals surface area contributed by atoms with Gasteiger partial charge in [0.1, 0.15) is 0 Å². The smallest absolute Gasteiger partial charge is 0.321 e. The molecule has 0 rings (SSSR count). The van der Waals surface area contributed by atoms with Crippen molar-refractivity contribution in [2.75, 3.05) is 19.6 Å². The van der Waals surface area contributed by atoms with Gasteiger partial charge in [0.05, 0.1) is 12.6 Å². The maximum atomic E-state index is 11.9. The van der Waals surface area contributed by atoms with Crippen LogP contribution < -0.4 is 10.6 Å². The third kappa shape index (κ3) is 10.1. The molecule has 7 nitrogen and oxygen atoms in total. The number of carboxylic acid groups (broad SMARTS) is 1. The Morgan fingerprint density at radius 1 is 1.19 bits per heavy atom. The van der Waals surface area contributed by atoms with E-state index in [1.54, 1.807) is 6.92 Å². The van der Waals surface area contributed by atoms with Crippen LogP contribution in [0.15, 0.2) is 0 Å². The van der Waals surface area contributed by atoms with Crippen molar-refractivity contribution in [1.82, 2.24) is 15.5 Å². The van der Waals surface area contributed by atoms with Crippen molar-refractivity contribution in [3.63, 3.8) is 0 Å². The minimum absolute atomic E-state index is 0. The molecule has 21 heavy (non-hydrogen) atoms. The Balaban J connectivity index is 0. The Kier molecular flexibility index (Phi) is 11.8. The van der Waals surface area contributed by atoms with Gasteiger partial charge in [-0.25, -0.2) is 4.79 Å². The Morgan fingerprint density at radius 3 is 2.19 bits per heavy atom. The second-order valence-electron chi connectivity index (χ2n) is 5.13. The van der Waals surface area contributed by atoms with Crippen LogP contribution in [0.4, 0.5) is 4.79 Å². The SMILES string of the molecule is CCCN(CC(=O)O)C(C)C(=O)NC(=O)NCC(C)C.Cl. The highest BCUT2D eigenvalue weighted by molar-refractivity contribution is 5.96. The van der Waals surface area contributed by atoms with Gasteiger partial charge in [-0.05, 0) is 25.8 Å². The average Bonchev–Trinajstić information content (AvgIpc) is 2.34. The number of carbonyl (C=O) groups excluding carboxylic acids is 2. The van der Waals surface area contributed by atoms with Crippen molar-refractivity contribution in [2.45, 2.75) is 40.2 Å². The quantitative estimate of drug-likeness (QED) is 0.620. The molecule has 0 saturated heterocycles. The summed E-state index contributed by atoms with van der Waals surface area (Å²) < 4.78 is 0. The zero-order valence-corrected chi connectivity index (χ0v) is 13.8. The number of halogens is 1. The van der Waals surface area contributed by atoms with Gasteiger partial charge in [-0.1, -0.05) is 20.8 Å². The molecule has 0 aromatic rings. The number of nitrogens with one attached hydrogen (secondary N) is 2. The van der Waals surface area contributed by atoms with E-state index < -0.39 is 23.9 Å². The maximum absolute atomic E-state index is 11.9. The number of imide groups is 1. The molecule has 3 N–H and O–H groups in total. The minimum Gasteiger partial charge on any atom is -0.480 e. The largest absolute Gasteiger partial charge is 0.480 e. The molecule has 1 atom stereocenters. The molecule has 0 aliphatic carbocycles. The van der Waals surface area contributed by atoms with Crippen LogP contribution in [0.25, 0.3) is 0 Å². The molecule has 0 saturated carbocycles. The Labute approximate surface area is 131 Å². The number of nitrogens with zero attached hydrogens (tertiary/aromatic N) is 1. The standard InChI is InChI=1S/C13H25N3O4.ClH/c1-5-6-16(8-11(17)18)10(4)12(19)15-13(20)14-7-9(2)3;/h9-10H,5-8H2,1-4H3,(H,17,18)(H2,14,15,19,20);1H. The number of aliphatic carboxylic acids is 1. The van der Waals surface area contributed by atoms with Crippen LogP contribution in [0.5, 0.6) is 0 Å². The van der Waals surface area contributed by atoms with Crippen molar-refractivity contribution in [2.24, 2.45) is 5.92 Å². The van der Waals surface area contributed by atoms with E-state index in [2.05, 4.69) is 10.6 Å². The maximum Gasteiger partial charge on any atom is 0.321 e. The normalized spacial score (nSPS) is 11.7. The molecule has 0 aliphatic rings. The number of carboxylic acids is 1. The van der Waals surface area contributed by atoms with E-state index >= 15 is 0 Å². The first-order valence-corrected chi connectivity index (χ1v) is 6.82. The summed E-state index contributed by atoms with van der Waals surface area (Å²) in [6.07, 6.45) is 0.727. The first-order valence-electron chi connectivity index (χ1n) is 6.82. The molecular weight excluding hydrogens is 298 g/mol. The Hall–Kier alpha value is -1.34. The summed E-state index contributed by atoms with van der Waals surface area (Å²) in [4.78, 5) is 35.7. The molecule has 0 spiro atoms. The van der Waals surface area contributed by atoms with E-state index in [4.69, 9.17) is 5.11 Å². The molecule has 0 aromatic carbocycles. The number of hydrogen-bond acceptors (Lipinski definition) is 4. The zero-order chi connectivity index (χ0) is 15.7. The molecule has 0 aromatic heterocycles. The van der Waals surface area contributed by atoms with E-state index in [9.17, 15) is 14.4 Å². The van der Waals surface area contributed by atoms with Crippen molar-refractivity contribution >= 4 is 30.3 Å². The van der Waals surface area contributed by atoms with Crippen molar-refractivity contribution in [1.29, 1.82) is 0 Å². The van der Waals surface area contributed by atoms with Crippen molar-refractivity contribution < 1.29 is 19.5 Å². The van der Waals surface area contributed by atoms with E-state index in [0.717, 1.165) is 6.42 Å². The van der Waals surface area contributed by atoms with E-state index in [-0.39, 0.29) is 24.9 Å². The lowest BCUT2D eigenvalue weighted by atomic mass is 10.2. The van der Waals surface area contributed by atoms with Gasteiger partial charge in [0.25, 0.3) is 0 Å². The number of rotatable bonds is 8. The topological polar surface area (TPSA) is 98.7 Å². The summed E-state index contributed by atoms with van der Waals surface area (Å²) in [7, 11) is 0. The highest BCUT2D eigenvalue weighted by atomic mass is 35.5. The number of carbonyl (C=O) groups is 3. The van der Waals surface area contributed by atoms with Gasteiger partial charge in [0.2, 0.25) is 5.91 Å². The lowest BCUT2D eigenvalue weighted by Gasteiger charge is -2.25. The van der Waals surface area contributed by atoms with Gasteiger partial charge in [0.15, 0.2) is 0 Å². The molecule has 0 fully saturated rings. The van der Waals surface area contributed by atoms with Crippen LogP contribution in [0, 0.1) is 5.92 Å². The van der Waals surface area contributed by atoms with Gasteiger partial charge in [-0.3, -0.25) is 19.8 Å². The summed E-state index contributed by atoms with van der Waals surface area (Å²) in [6, 6.07) is -1.22. The number of urea groups is 1. The van der Waals surface area contributed by atoms with E-state index in [1.807, 2.05) is 20.8 Å². The third-order valence-corrected chi connectivity index (χ3v) is 2.68. The van der Waals surface area contributed by atoms with E-state index in [1.165, 1.54) is 4.90 Å². The highest BCUT2D eigenvalue weighted by Crippen LogP contribution is 2.01. The van der Waals surface area contributed by atoms with Gasteiger partial charge in [0, 0.05) is 6.54 Å². The first-order chi connectivity index (χ1) is 9.27. The second kappa shape index (κ2) is 11.3. The summed E-state index contributed by atoms with van der Waals surface area (Å²) in [5.74, 6) is -1.21. The van der Waals surface area contributed by atoms with Crippen molar-refractivity contribution in [3.8, 4) is 0 Å². The molecule has 0 heterocycles. The highest BCUT2D eigenvalue weighted by Gasteiger charge is 2.23. The molecule has 0 aliphatic heterocycles. The predicted molar refractivity (Wildman–Crippen MR) is 82.6 cm³/mol. The lowest BCUT2D eigenvalue weighted by Crippen LogP contribution is -2.51. The average molecular weight is 324 g/mol. The van der Waals surface area contributed by atoms with Gasteiger partial charge in [-0.2, -0.15) is 0 Å². The molecule has 1 unspecified atom stereocenters. The monoisotopic (exact) mass is 323 g/mol. The summed E-state index contributed by atoms with van der Waals surface area (Å²) in [5, 5.41) is 13.6. The summed E-state index contributed by atoms with van der Waals surface area (Å²) in [6.45, 7) is 8.10. The fourth-order valence-electron chi connectivity index (χ4n) is 1.59. The Morgan fingerprint density at radius 2 is 1.76 bits per heavy atom. The molecule has 0 bridgehead atoms. The second-order valence-corrected chi connectivity index (χ2v) is 5.13. The molecule has 3 amide bonds. The number of amides is 3. The fourth-order valence-corrected chi connectivity index (χ4v) is 1.59. The van der Waals surface area contributed by atoms with Crippen molar-refractivity contribution in [3.05, 3.63) is 0 Å². The molecule has 8 heteroatoms. The number of hydrogen-bond donors (Lipinski definition) is 3. The Bertz CT molecular complexity index is 350. The van der Waals surface area contributed by atoms with Crippen LogP contribution in [0.3, 0.4) is 0 Å². The van der Waals surface area contributed by atoms with Gasteiger partial charge in [-0.15, -0.1) is 12.4 Å². The van der Waals surface area contributed by atoms with Gasteiger partial charge >= 0.3 is 12.0 Å². The molecular formula is C13H26ClN3O4. The minimum atomic E-state index is -0.998. The third-order valence-electron chi connectivity index (χ3n) is 2.68. The lowest BCUT2D eigenvalue weighted by molar-refractivity contribution is -0.139. The fraction of sp³-hybridized carbons (Fsp3) is 0.769.